The van der Waals surface area contributed by atoms with Crippen LogP contribution in [0.4, 0.5) is 0 Å². The minimum Gasteiger partial charge on any atom is -0.508 e. The first kappa shape index (κ1) is 23.1. The molecule has 0 aliphatic carbocycles. The zero-order chi connectivity index (χ0) is 22.7. The Morgan fingerprint density at radius 1 is 1.16 bits per heavy atom. The fraction of sp³-hybridized carbons (Fsp3) is 0.680. The Balaban J connectivity index is 1.50. The Hall–Kier alpha value is -2.12. The fourth-order valence-corrected chi connectivity index (χ4v) is 5.88. The second-order valence-electron chi connectivity index (χ2n) is 9.44. The monoisotopic (exact) mass is 443 g/mol. The molecule has 0 aromatic heterocycles. The topological polar surface area (TPSA) is 73.3 Å². The van der Waals surface area contributed by atoms with Gasteiger partial charge < -0.3 is 19.6 Å². The third-order valence-corrected chi connectivity index (χ3v) is 7.52. The Bertz CT molecular complexity index is 806. The zero-order valence-electron chi connectivity index (χ0n) is 19.4. The average molecular weight is 444 g/mol. The van der Waals surface area contributed by atoms with Gasteiger partial charge in [0.2, 0.25) is 11.8 Å². The highest BCUT2D eigenvalue weighted by atomic mass is 16.5. The van der Waals surface area contributed by atoms with Crippen molar-refractivity contribution in [2.45, 2.75) is 58.2 Å². The molecule has 7 heteroatoms. The van der Waals surface area contributed by atoms with E-state index in [1.54, 1.807) is 12.1 Å². The van der Waals surface area contributed by atoms with Crippen molar-refractivity contribution >= 4 is 11.8 Å². The predicted molar refractivity (Wildman–Crippen MR) is 122 cm³/mol. The Labute approximate surface area is 191 Å². The van der Waals surface area contributed by atoms with Crippen molar-refractivity contribution in [3.05, 3.63) is 29.8 Å². The quantitative estimate of drug-likeness (QED) is 0.668. The lowest BCUT2D eigenvalue weighted by Crippen LogP contribution is -2.38. The molecule has 2 amide bonds. The molecule has 3 saturated heterocycles. The number of likely N-dealkylation sites (tertiary alicyclic amines) is 2. The van der Waals surface area contributed by atoms with E-state index in [1.165, 1.54) is 0 Å². The standard InChI is InChI=1S/C25H37N3O4/c1-3-26(4-2)24(31)14-22-25-19(13-23(30)27-10-5-6-11-27)16-28(21(25)17-32-22)15-18-8-7-9-20(29)12-18/h7-9,12,19,21-22,25,29H,3-6,10-11,13-17H2,1-2H3/t19-,21-,22+,25-/m1/s1. The SMILES string of the molecule is CCN(CC)C(=O)C[C@@H]1OC[C@@H]2[C@H]1[C@H](CC(=O)N1CCCC1)CN2Cc1cccc(O)c1. The van der Waals surface area contributed by atoms with Crippen LogP contribution in [0.3, 0.4) is 0 Å². The van der Waals surface area contributed by atoms with Gasteiger partial charge in [0.25, 0.3) is 0 Å². The van der Waals surface area contributed by atoms with Crippen LogP contribution in [0.25, 0.3) is 0 Å². The third-order valence-electron chi connectivity index (χ3n) is 7.52. The largest absolute Gasteiger partial charge is 0.508 e. The van der Waals surface area contributed by atoms with Crippen LogP contribution in [0.15, 0.2) is 24.3 Å². The highest BCUT2D eigenvalue weighted by Gasteiger charge is 2.51. The fourth-order valence-electron chi connectivity index (χ4n) is 5.88. The van der Waals surface area contributed by atoms with Crippen molar-refractivity contribution in [1.82, 2.24) is 14.7 Å². The number of fused-ring (bicyclic) bond motifs is 1. The maximum Gasteiger partial charge on any atom is 0.225 e. The molecule has 176 valence electrons. The van der Waals surface area contributed by atoms with Gasteiger partial charge in [-0.15, -0.1) is 0 Å². The van der Waals surface area contributed by atoms with Crippen molar-refractivity contribution < 1.29 is 19.4 Å². The van der Waals surface area contributed by atoms with Crippen molar-refractivity contribution in [2.75, 3.05) is 39.3 Å². The molecule has 3 aliphatic heterocycles. The second-order valence-corrected chi connectivity index (χ2v) is 9.44. The van der Waals surface area contributed by atoms with E-state index in [0.717, 1.165) is 38.0 Å². The molecule has 3 fully saturated rings. The van der Waals surface area contributed by atoms with E-state index in [4.69, 9.17) is 4.74 Å². The highest BCUT2D eigenvalue weighted by molar-refractivity contribution is 5.77. The summed E-state index contributed by atoms with van der Waals surface area (Å²) in [6.45, 7) is 9.28. The van der Waals surface area contributed by atoms with Crippen LogP contribution < -0.4 is 0 Å². The third kappa shape index (κ3) is 4.94. The molecule has 4 rings (SSSR count). The smallest absolute Gasteiger partial charge is 0.225 e. The van der Waals surface area contributed by atoms with E-state index in [0.29, 0.717) is 39.1 Å². The van der Waals surface area contributed by atoms with Gasteiger partial charge in [-0.25, -0.2) is 0 Å². The first-order chi connectivity index (χ1) is 15.5. The van der Waals surface area contributed by atoms with Crippen molar-refractivity contribution in [2.24, 2.45) is 11.8 Å². The number of phenolic OH excluding ortho intramolecular Hbond substituents is 1. The number of hydrogen-bond donors (Lipinski definition) is 1. The molecule has 1 aromatic rings. The first-order valence-electron chi connectivity index (χ1n) is 12.2. The zero-order valence-corrected chi connectivity index (χ0v) is 19.4. The number of ether oxygens (including phenoxy) is 1. The summed E-state index contributed by atoms with van der Waals surface area (Å²) in [5.41, 5.74) is 1.05. The van der Waals surface area contributed by atoms with Gasteiger partial charge in [0.1, 0.15) is 5.75 Å². The summed E-state index contributed by atoms with van der Waals surface area (Å²) < 4.78 is 6.20. The number of aromatic hydroxyl groups is 1. The number of nitrogens with zero attached hydrogens (tertiary/aromatic N) is 3. The van der Waals surface area contributed by atoms with Gasteiger partial charge in [0, 0.05) is 57.6 Å². The molecular weight excluding hydrogens is 406 g/mol. The van der Waals surface area contributed by atoms with Crippen molar-refractivity contribution in [1.29, 1.82) is 0 Å². The Morgan fingerprint density at radius 3 is 2.59 bits per heavy atom. The van der Waals surface area contributed by atoms with Gasteiger partial charge in [-0.3, -0.25) is 14.5 Å². The van der Waals surface area contributed by atoms with Crippen molar-refractivity contribution in [3.8, 4) is 5.75 Å². The molecule has 7 nitrogen and oxygen atoms in total. The van der Waals surface area contributed by atoms with E-state index in [1.807, 2.05) is 35.8 Å². The highest BCUT2D eigenvalue weighted by Crippen LogP contribution is 2.42. The average Bonchev–Trinajstić information content (AvgIpc) is 3.50. The number of carbonyl (C=O) groups excluding carboxylic acids is 2. The molecule has 1 aromatic carbocycles. The maximum atomic E-state index is 13.0. The van der Waals surface area contributed by atoms with Gasteiger partial charge in [-0.05, 0) is 50.3 Å². The molecule has 0 bridgehead atoms. The van der Waals surface area contributed by atoms with Crippen molar-refractivity contribution in [3.63, 3.8) is 0 Å². The summed E-state index contributed by atoms with van der Waals surface area (Å²) >= 11 is 0. The van der Waals surface area contributed by atoms with Crippen LogP contribution in [-0.2, 0) is 20.9 Å². The lowest BCUT2D eigenvalue weighted by atomic mass is 9.84. The lowest BCUT2D eigenvalue weighted by Gasteiger charge is -2.26. The predicted octanol–water partition coefficient (Wildman–Crippen LogP) is 2.48. The minimum absolute atomic E-state index is 0.136. The molecular formula is C25H37N3O4. The number of amides is 2. The maximum absolute atomic E-state index is 13.0. The van der Waals surface area contributed by atoms with Crippen LogP contribution in [0.2, 0.25) is 0 Å². The lowest BCUT2D eigenvalue weighted by molar-refractivity contribution is -0.134. The van der Waals surface area contributed by atoms with Crippen LogP contribution >= 0.6 is 0 Å². The van der Waals surface area contributed by atoms with E-state index in [-0.39, 0.29) is 41.5 Å². The van der Waals surface area contributed by atoms with E-state index < -0.39 is 0 Å². The van der Waals surface area contributed by atoms with Gasteiger partial charge in [0.05, 0.1) is 19.1 Å². The van der Waals surface area contributed by atoms with E-state index >= 15 is 0 Å². The number of benzene rings is 1. The van der Waals surface area contributed by atoms with Gasteiger partial charge in [-0.2, -0.15) is 0 Å². The van der Waals surface area contributed by atoms with Gasteiger partial charge >= 0.3 is 0 Å². The number of carbonyl (C=O) groups is 2. The minimum atomic E-state index is -0.140. The van der Waals surface area contributed by atoms with Crippen LogP contribution in [0.1, 0.15) is 45.1 Å². The van der Waals surface area contributed by atoms with Gasteiger partial charge in [0.15, 0.2) is 0 Å². The summed E-state index contributed by atoms with van der Waals surface area (Å²) in [6.07, 6.45) is 2.96. The van der Waals surface area contributed by atoms with Crippen LogP contribution in [0, 0.1) is 11.8 Å². The molecule has 1 N–H and O–H groups in total. The van der Waals surface area contributed by atoms with E-state index in [2.05, 4.69) is 4.90 Å². The molecule has 0 spiro atoms. The van der Waals surface area contributed by atoms with Crippen LogP contribution in [0.5, 0.6) is 5.75 Å². The Morgan fingerprint density at radius 2 is 1.91 bits per heavy atom. The van der Waals surface area contributed by atoms with Gasteiger partial charge in [-0.1, -0.05) is 12.1 Å². The van der Waals surface area contributed by atoms with E-state index in [9.17, 15) is 14.7 Å². The molecule has 4 atom stereocenters. The number of hydrogen-bond acceptors (Lipinski definition) is 5. The molecule has 3 heterocycles. The molecule has 32 heavy (non-hydrogen) atoms. The molecule has 0 saturated carbocycles. The summed E-state index contributed by atoms with van der Waals surface area (Å²) in [5.74, 6) is 1.01. The van der Waals surface area contributed by atoms with Crippen LogP contribution in [-0.4, -0.2) is 83.1 Å². The Kier molecular flexibility index (Phi) is 7.36. The molecule has 0 unspecified atom stereocenters. The first-order valence-corrected chi connectivity index (χ1v) is 12.2. The molecule has 0 radical (unpaired) electrons. The summed E-state index contributed by atoms with van der Waals surface area (Å²) in [6, 6.07) is 7.57. The summed E-state index contributed by atoms with van der Waals surface area (Å²) in [4.78, 5) is 32.1. The normalized spacial score (nSPS) is 27.6. The summed E-state index contributed by atoms with van der Waals surface area (Å²) in [5, 5.41) is 9.87. The second kappa shape index (κ2) is 10.2. The number of phenols is 1. The number of rotatable bonds is 8. The summed E-state index contributed by atoms with van der Waals surface area (Å²) in [7, 11) is 0. The molecule has 3 aliphatic rings.